The maximum absolute atomic E-state index is 11.7. The van der Waals surface area contributed by atoms with Gasteiger partial charge in [-0.25, -0.2) is 0 Å². The molecule has 2 atom stereocenters. The van der Waals surface area contributed by atoms with Crippen LogP contribution in [0.2, 0.25) is 0 Å². The molecule has 0 spiro atoms. The van der Waals surface area contributed by atoms with Gasteiger partial charge in [0.15, 0.2) is 0 Å². The first kappa shape index (κ1) is 8.95. The van der Waals surface area contributed by atoms with Gasteiger partial charge in [0.25, 0.3) is 0 Å². The summed E-state index contributed by atoms with van der Waals surface area (Å²) in [5, 5.41) is 7.19. The molecule has 1 heterocycles. The zero-order chi connectivity index (χ0) is 10.4. The van der Waals surface area contributed by atoms with Crippen molar-refractivity contribution in [1.82, 2.24) is 15.1 Å². The van der Waals surface area contributed by atoms with Crippen LogP contribution in [0.15, 0.2) is 12.3 Å². The molecule has 4 nitrogen and oxygen atoms in total. The van der Waals surface area contributed by atoms with Crippen LogP contribution >= 0.6 is 0 Å². The highest BCUT2D eigenvalue weighted by molar-refractivity contribution is 5.83. The Bertz CT molecular complexity index is 394. The van der Waals surface area contributed by atoms with E-state index in [0.717, 1.165) is 19.3 Å². The second kappa shape index (κ2) is 3.08. The zero-order valence-corrected chi connectivity index (χ0v) is 8.81. The Balaban J connectivity index is 1.63. The van der Waals surface area contributed by atoms with Crippen LogP contribution in [-0.4, -0.2) is 21.7 Å². The lowest BCUT2D eigenvalue weighted by Crippen LogP contribution is -2.27. The molecular weight excluding hydrogens is 190 g/mol. The van der Waals surface area contributed by atoms with Gasteiger partial charge >= 0.3 is 0 Å². The molecule has 1 amide bonds. The van der Waals surface area contributed by atoms with E-state index in [2.05, 4.69) is 10.4 Å². The molecule has 3 rings (SSSR count). The Morgan fingerprint density at radius 1 is 1.60 bits per heavy atom. The molecule has 2 aliphatic carbocycles. The van der Waals surface area contributed by atoms with E-state index in [1.54, 1.807) is 6.20 Å². The molecule has 2 aliphatic rings. The van der Waals surface area contributed by atoms with Crippen molar-refractivity contribution in [2.45, 2.75) is 31.2 Å². The topological polar surface area (TPSA) is 46.9 Å². The average Bonchev–Trinajstić information content (AvgIpc) is 3.08. The van der Waals surface area contributed by atoms with Gasteiger partial charge in [0.1, 0.15) is 0 Å². The molecule has 1 aromatic rings. The SMILES string of the molecule is Cn1nccc1[C@@H]1C[C@H]1C(=O)NC1CC1. The summed E-state index contributed by atoms with van der Waals surface area (Å²) < 4.78 is 1.87. The van der Waals surface area contributed by atoms with Crippen LogP contribution in [-0.2, 0) is 11.8 Å². The lowest BCUT2D eigenvalue weighted by atomic mass is 10.2. The van der Waals surface area contributed by atoms with Crippen LogP contribution in [0.3, 0.4) is 0 Å². The summed E-state index contributed by atoms with van der Waals surface area (Å²) in [6.45, 7) is 0. The quantitative estimate of drug-likeness (QED) is 0.793. The number of nitrogens with zero attached hydrogens (tertiary/aromatic N) is 2. The van der Waals surface area contributed by atoms with Crippen LogP contribution in [0.4, 0.5) is 0 Å². The highest BCUT2D eigenvalue weighted by Gasteiger charge is 2.46. The number of nitrogens with one attached hydrogen (secondary N) is 1. The first-order valence-electron chi connectivity index (χ1n) is 5.54. The van der Waals surface area contributed by atoms with Gasteiger partial charge in [0.05, 0.1) is 0 Å². The van der Waals surface area contributed by atoms with Crippen molar-refractivity contribution in [2.75, 3.05) is 0 Å². The van der Waals surface area contributed by atoms with Gasteiger partial charge in [-0.2, -0.15) is 5.10 Å². The molecular formula is C11H15N3O. The Hall–Kier alpha value is -1.32. The summed E-state index contributed by atoms with van der Waals surface area (Å²) in [6.07, 6.45) is 5.10. The molecule has 2 fully saturated rings. The van der Waals surface area contributed by atoms with E-state index in [1.165, 1.54) is 5.69 Å². The van der Waals surface area contributed by atoms with Crippen molar-refractivity contribution < 1.29 is 4.79 Å². The van der Waals surface area contributed by atoms with Gasteiger partial charge in [0.2, 0.25) is 5.91 Å². The predicted molar refractivity (Wildman–Crippen MR) is 55.2 cm³/mol. The Kier molecular flexibility index (Phi) is 1.84. The number of hydrogen-bond donors (Lipinski definition) is 1. The van der Waals surface area contributed by atoms with Gasteiger partial charge in [-0.15, -0.1) is 0 Å². The first-order valence-corrected chi connectivity index (χ1v) is 5.54. The second-order valence-corrected chi connectivity index (χ2v) is 4.61. The molecule has 0 aromatic carbocycles. The minimum absolute atomic E-state index is 0.195. The number of rotatable bonds is 3. The third kappa shape index (κ3) is 1.64. The highest BCUT2D eigenvalue weighted by atomic mass is 16.2. The number of carbonyl (C=O) groups is 1. The number of amides is 1. The van der Waals surface area contributed by atoms with Gasteiger partial charge in [-0.1, -0.05) is 0 Å². The van der Waals surface area contributed by atoms with Crippen LogP contribution < -0.4 is 5.32 Å². The minimum Gasteiger partial charge on any atom is -0.353 e. The fraction of sp³-hybridized carbons (Fsp3) is 0.636. The fourth-order valence-electron chi connectivity index (χ4n) is 2.10. The maximum Gasteiger partial charge on any atom is 0.224 e. The number of hydrogen-bond acceptors (Lipinski definition) is 2. The smallest absolute Gasteiger partial charge is 0.224 e. The van der Waals surface area contributed by atoms with Crippen molar-refractivity contribution >= 4 is 5.91 Å². The first-order chi connectivity index (χ1) is 7.25. The van der Waals surface area contributed by atoms with E-state index in [9.17, 15) is 4.79 Å². The third-order valence-electron chi connectivity index (χ3n) is 3.29. The summed E-state index contributed by atoms with van der Waals surface area (Å²) in [6, 6.07) is 2.49. The van der Waals surface area contributed by atoms with Gasteiger partial charge in [-0.3, -0.25) is 9.48 Å². The molecule has 0 aliphatic heterocycles. The summed E-state index contributed by atoms with van der Waals surface area (Å²) in [5.41, 5.74) is 1.19. The molecule has 0 bridgehead atoms. The lowest BCUT2D eigenvalue weighted by molar-refractivity contribution is -0.122. The summed E-state index contributed by atoms with van der Waals surface area (Å²) in [5.74, 6) is 0.834. The van der Waals surface area contributed by atoms with Crippen LogP contribution in [0.5, 0.6) is 0 Å². The molecule has 1 N–H and O–H groups in total. The van der Waals surface area contributed by atoms with Gasteiger partial charge < -0.3 is 5.32 Å². The summed E-state index contributed by atoms with van der Waals surface area (Å²) >= 11 is 0. The van der Waals surface area contributed by atoms with Crippen molar-refractivity contribution in [3.8, 4) is 0 Å². The Labute approximate surface area is 88.7 Å². The minimum atomic E-state index is 0.195. The number of aromatic nitrogens is 2. The zero-order valence-electron chi connectivity index (χ0n) is 8.81. The molecule has 0 saturated heterocycles. The molecule has 2 saturated carbocycles. The standard InChI is InChI=1S/C11H15N3O/c1-14-10(4-5-12-14)8-6-9(8)11(15)13-7-2-3-7/h4-5,7-9H,2-3,6H2,1H3,(H,13,15)/t8-,9-/m1/s1. The maximum atomic E-state index is 11.7. The van der Waals surface area contributed by atoms with E-state index in [-0.39, 0.29) is 11.8 Å². The van der Waals surface area contributed by atoms with Crippen LogP contribution in [0, 0.1) is 5.92 Å². The molecule has 4 heteroatoms. The number of carbonyl (C=O) groups excluding carboxylic acids is 1. The second-order valence-electron chi connectivity index (χ2n) is 4.61. The summed E-state index contributed by atoms with van der Waals surface area (Å²) in [7, 11) is 1.93. The summed E-state index contributed by atoms with van der Waals surface area (Å²) in [4.78, 5) is 11.7. The van der Waals surface area contributed by atoms with Gasteiger partial charge in [-0.05, 0) is 25.3 Å². The van der Waals surface area contributed by atoms with E-state index in [1.807, 2.05) is 17.8 Å². The largest absolute Gasteiger partial charge is 0.353 e. The average molecular weight is 205 g/mol. The highest BCUT2D eigenvalue weighted by Crippen LogP contribution is 2.47. The third-order valence-corrected chi connectivity index (χ3v) is 3.29. The number of aryl methyl sites for hydroxylation is 1. The van der Waals surface area contributed by atoms with Crippen molar-refractivity contribution in [3.05, 3.63) is 18.0 Å². The lowest BCUT2D eigenvalue weighted by Gasteiger charge is -2.02. The van der Waals surface area contributed by atoms with E-state index >= 15 is 0 Å². The predicted octanol–water partition coefficient (Wildman–Crippen LogP) is 0.802. The molecule has 1 aromatic heterocycles. The van der Waals surface area contributed by atoms with E-state index in [0.29, 0.717) is 12.0 Å². The van der Waals surface area contributed by atoms with E-state index in [4.69, 9.17) is 0 Å². The van der Waals surface area contributed by atoms with Gasteiger partial charge in [0, 0.05) is 36.8 Å². The van der Waals surface area contributed by atoms with Crippen LogP contribution in [0.25, 0.3) is 0 Å². The van der Waals surface area contributed by atoms with Crippen molar-refractivity contribution in [2.24, 2.45) is 13.0 Å². The van der Waals surface area contributed by atoms with E-state index < -0.39 is 0 Å². The molecule has 0 radical (unpaired) electrons. The molecule has 0 unspecified atom stereocenters. The normalized spacial score (nSPS) is 28.9. The van der Waals surface area contributed by atoms with Crippen molar-refractivity contribution in [3.63, 3.8) is 0 Å². The molecule has 15 heavy (non-hydrogen) atoms. The Morgan fingerprint density at radius 2 is 2.40 bits per heavy atom. The monoisotopic (exact) mass is 205 g/mol. The van der Waals surface area contributed by atoms with Crippen molar-refractivity contribution in [1.29, 1.82) is 0 Å². The van der Waals surface area contributed by atoms with Crippen LogP contribution in [0.1, 0.15) is 30.9 Å². The fourth-order valence-corrected chi connectivity index (χ4v) is 2.10. The molecule has 80 valence electrons. The Morgan fingerprint density at radius 3 is 3.00 bits per heavy atom.